The van der Waals surface area contributed by atoms with E-state index < -0.39 is 5.97 Å². The molecule has 4 aliphatic carbocycles. The number of ether oxygens (including phenoxy) is 1. The number of aromatic nitrogens is 1. The second-order valence-electron chi connectivity index (χ2n) is 13.0. The number of carbonyl (C=O) groups excluding carboxylic acids is 2. The molecule has 8 unspecified atom stereocenters. The van der Waals surface area contributed by atoms with Crippen molar-refractivity contribution in [1.82, 2.24) is 4.73 Å². The largest absolute Gasteiger partial charge is 0.492 e. The van der Waals surface area contributed by atoms with Gasteiger partial charge in [-0.05, 0) is 98.2 Å². The summed E-state index contributed by atoms with van der Waals surface area (Å²) in [4.78, 5) is 29.5. The first kappa shape index (κ1) is 26.4. The molecule has 8 atom stereocenters. The molecule has 1 aromatic rings. The van der Waals surface area contributed by atoms with E-state index in [4.69, 9.17) is 9.57 Å². The van der Waals surface area contributed by atoms with Crippen molar-refractivity contribution in [3.8, 4) is 11.8 Å². The van der Waals surface area contributed by atoms with E-state index in [0.29, 0.717) is 21.5 Å². The van der Waals surface area contributed by atoms with Crippen LogP contribution in [0.15, 0.2) is 12.1 Å². The first-order valence-corrected chi connectivity index (χ1v) is 14.7. The Morgan fingerprint density at radius 1 is 0.919 bits per heavy atom. The first-order valence-electron chi connectivity index (χ1n) is 14.7. The molecule has 4 saturated carbocycles. The van der Waals surface area contributed by atoms with Crippen LogP contribution in [0.5, 0.6) is 11.8 Å². The molecular weight excluding hydrogens is 470 g/mol. The molecule has 0 spiro atoms. The number of esters is 1. The Labute approximate surface area is 220 Å². The molecule has 0 aliphatic heterocycles. The normalized spacial score (nSPS) is 38.8. The van der Waals surface area contributed by atoms with E-state index in [1.807, 2.05) is 0 Å². The summed E-state index contributed by atoms with van der Waals surface area (Å²) < 4.78 is 6.46. The van der Waals surface area contributed by atoms with Gasteiger partial charge in [-0.15, -0.1) is 4.73 Å². The zero-order chi connectivity index (χ0) is 26.4. The second-order valence-corrected chi connectivity index (χ2v) is 13.0. The van der Waals surface area contributed by atoms with Gasteiger partial charge in [0, 0.05) is 12.1 Å². The summed E-state index contributed by atoms with van der Waals surface area (Å²) in [5.74, 6) is 2.21. The van der Waals surface area contributed by atoms with Crippen molar-refractivity contribution >= 4 is 11.9 Å². The van der Waals surface area contributed by atoms with Gasteiger partial charge >= 0.3 is 11.9 Å². The Morgan fingerprint density at radius 3 is 2.32 bits per heavy atom. The van der Waals surface area contributed by atoms with Crippen molar-refractivity contribution in [1.29, 1.82) is 0 Å². The van der Waals surface area contributed by atoms with Gasteiger partial charge in [0.2, 0.25) is 11.8 Å². The molecule has 2 N–H and O–H groups in total. The first-order chi connectivity index (χ1) is 17.7. The molecular formula is C30H45NO6. The van der Waals surface area contributed by atoms with E-state index in [0.717, 1.165) is 42.9 Å². The fourth-order valence-corrected chi connectivity index (χ4v) is 9.35. The molecule has 7 heteroatoms. The summed E-state index contributed by atoms with van der Waals surface area (Å²) in [7, 11) is 0. The van der Waals surface area contributed by atoms with Crippen molar-refractivity contribution in [2.45, 2.75) is 110 Å². The minimum Gasteiger partial charge on any atom is -0.492 e. The zero-order valence-corrected chi connectivity index (χ0v) is 22.8. The summed E-state index contributed by atoms with van der Waals surface area (Å²) >= 11 is 0. The lowest BCUT2D eigenvalue weighted by molar-refractivity contribution is -0.164. The Morgan fingerprint density at radius 2 is 1.59 bits per heavy atom. The fraction of sp³-hybridized carbons (Fsp3) is 0.800. The smallest absolute Gasteiger partial charge is 0.333 e. The number of nitrogens with zero attached hydrogens (tertiary/aromatic N) is 1. The Hall–Kier alpha value is -2.18. The summed E-state index contributed by atoms with van der Waals surface area (Å²) in [5.41, 5.74) is 0.896. The standard InChI is InChI=1S/C30H45NO6/c1-4-5-19-7-9-23-22-8-6-20-18-21(14-16-30(20,3)24(22)15-17-29(19,23)2)36-27(34)12-13-28(35)37-31-25(32)10-11-26(31)33/h10-11,19-24,32-33H,4-9,12-18H2,1-3H3. The number of hydrogen-bond donors (Lipinski definition) is 2. The molecule has 0 bridgehead atoms. The van der Waals surface area contributed by atoms with Gasteiger partial charge in [-0.25, -0.2) is 4.79 Å². The number of rotatable bonds is 7. The highest BCUT2D eigenvalue weighted by molar-refractivity contribution is 5.78. The lowest BCUT2D eigenvalue weighted by Gasteiger charge is -2.61. The van der Waals surface area contributed by atoms with E-state index >= 15 is 0 Å². The number of aromatic hydroxyl groups is 2. The Bertz CT molecular complexity index is 985. The highest BCUT2D eigenvalue weighted by Gasteiger charge is 2.60. The van der Waals surface area contributed by atoms with Crippen molar-refractivity contribution in [3.63, 3.8) is 0 Å². The lowest BCUT2D eigenvalue weighted by atomic mass is 9.44. The molecule has 4 aliphatic rings. The molecule has 4 fully saturated rings. The van der Waals surface area contributed by atoms with Gasteiger partial charge in [-0.3, -0.25) is 4.79 Å². The van der Waals surface area contributed by atoms with Crippen molar-refractivity contribution in [3.05, 3.63) is 12.1 Å². The van der Waals surface area contributed by atoms with Gasteiger partial charge in [-0.2, -0.15) is 0 Å². The predicted octanol–water partition coefficient (Wildman–Crippen LogP) is 6.01. The van der Waals surface area contributed by atoms with Gasteiger partial charge in [-0.1, -0.05) is 33.6 Å². The summed E-state index contributed by atoms with van der Waals surface area (Å²) in [5, 5.41) is 19.2. The summed E-state index contributed by atoms with van der Waals surface area (Å²) in [6.45, 7) is 7.49. The molecule has 5 rings (SSSR count). The quantitative estimate of drug-likeness (QED) is 0.432. The molecule has 37 heavy (non-hydrogen) atoms. The zero-order valence-electron chi connectivity index (χ0n) is 22.8. The summed E-state index contributed by atoms with van der Waals surface area (Å²) in [6.07, 6.45) is 13.5. The van der Waals surface area contributed by atoms with E-state index in [-0.39, 0.29) is 36.7 Å². The molecule has 7 nitrogen and oxygen atoms in total. The van der Waals surface area contributed by atoms with Crippen LogP contribution in [0.2, 0.25) is 0 Å². The fourth-order valence-electron chi connectivity index (χ4n) is 9.35. The van der Waals surface area contributed by atoms with Gasteiger partial charge in [0.15, 0.2) is 0 Å². The van der Waals surface area contributed by atoms with Gasteiger partial charge in [0.25, 0.3) is 0 Å². The van der Waals surface area contributed by atoms with Crippen LogP contribution in [0.1, 0.15) is 104 Å². The van der Waals surface area contributed by atoms with Crippen LogP contribution < -0.4 is 4.84 Å². The molecule has 0 amide bonds. The van der Waals surface area contributed by atoms with Crippen molar-refractivity contribution < 1.29 is 29.4 Å². The molecule has 0 aromatic carbocycles. The van der Waals surface area contributed by atoms with Crippen LogP contribution in [0, 0.1) is 40.4 Å². The van der Waals surface area contributed by atoms with E-state index in [9.17, 15) is 19.8 Å². The monoisotopic (exact) mass is 515 g/mol. The third kappa shape index (κ3) is 4.76. The van der Waals surface area contributed by atoms with Crippen LogP contribution >= 0.6 is 0 Å². The lowest BCUT2D eigenvalue weighted by Crippen LogP contribution is -2.54. The maximum atomic E-state index is 12.5. The highest BCUT2D eigenvalue weighted by atomic mass is 16.7. The predicted molar refractivity (Wildman–Crippen MR) is 139 cm³/mol. The molecule has 0 saturated heterocycles. The van der Waals surface area contributed by atoms with E-state index in [1.165, 1.54) is 63.5 Å². The Kier molecular flexibility index (Phi) is 7.27. The minimum atomic E-state index is -0.717. The third-order valence-electron chi connectivity index (χ3n) is 11.3. The van der Waals surface area contributed by atoms with Crippen LogP contribution in [0.4, 0.5) is 0 Å². The summed E-state index contributed by atoms with van der Waals surface area (Å²) in [6, 6.07) is 2.42. The average Bonchev–Trinajstić information content (AvgIpc) is 3.37. The van der Waals surface area contributed by atoms with E-state index in [1.54, 1.807) is 0 Å². The molecule has 0 radical (unpaired) electrons. The molecule has 1 heterocycles. The molecule has 206 valence electrons. The number of hydrogen-bond acceptors (Lipinski definition) is 6. The van der Waals surface area contributed by atoms with Gasteiger partial charge in [0.05, 0.1) is 12.8 Å². The highest BCUT2D eigenvalue weighted by Crippen LogP contribution is 2.68. The van der Waals surface area contributed by atoms with Gasteiger partial charge < -0.3 is 19.8 Å². The SMILES string of the molecule is CCCC1CCC2C3CCC4CC(OC(=O)CCC(=O)On5c(O)ccc5O)CCC4(C)C3CCC12C. The van der Waals surface area contributed by atoms with Crippen molar-refractivity contribution in [2.24, 2.45) is 40.4 Å². The van der Waals surface area contributed by atoms with Crippen LogP contribution in [-0.2, 0) is 14.3 Å². The maximum absolute atomic E-state index is 12.5. The minimum absolute atomic E-state index is 0.0787. The third-order valence-corrected chi connectivity index (χ3v) is 11.3. The van der Waals surface area contributed by atoms with Crippen LogP contribution in [0.25, 0.3) is 0 Å². The number of carbonyl (C=O) groups is 2. The molecule has 1 aromatic heterocycles. The van der Waals surface area contributed by atoms with Crippen LogP contribution in [-0.4, -0.2) is 33.0 Å². The Balaban J connectivity index is 1.13. The second kappa shape index (κ2) is 10.2. The van der Waals surface area contributed by atoms with Gasteiger partial charge in [0.1, 0.15) is 6.10 Å². The van der Waals surface area contributed by atoms with Crippen LogP contribution in [0.3, 0.4) is 0 Å². The van der Waals surface area contributed by atoms with E-state index in [2.05, 4.69) is 20.8 Å². The topological polar surface area (TPSA) is 98.0 Å². The average molecular weight is 516 g/mol. The maximum Gasteiger partial charge on any atom is 0.333 e. The number of fused-ring (bicyclic) bond motifs is 5. The van der Waals surface area contributed by atoms with Crippen molar-refractivity contribution in [2.75, 3.05) is 0 Å².